The fourth-order valence-electron chi connectivity index (χ4n) is 4.71. The Kier molecular flexibility index (Phi) is 4.52. The summed E-state index contributed by atoms with van der Waals surface area (Å²) < 4.78 is 2.28. The fraction of sp³-hybridized carbons (Fsp3) is 0.750. The number of hydrogen-bond acceptors (Lipinski definition) is 4. The molecule has 0 radical (unpaired) electrons. The molecule has 2 aliphatic carbocycles. The van der Waals surface area contributed by atoms with E-state index in [1.54, 1.807) is 0 Å². The lowest BCUT2D eigenvalue weighted by atomic mass is 9.98. The van der Waals surface area contributed by atoms with Crippen LogP contribution in [0.15, 0.2) is 0 Å². The topological polar surface area (TPSA) is 74.0 Å². The van der Waals surface area contributed by atoms with Crippen LogP contribution in [0.3, 0.4) is 0 Å². The lowest BCUT2D eigenvalue weighted by Crippen LogP contribution is -2.50. The summed E-state index contributed by atoms with van der Waals surface area (Å²) in [6.07, 6.45) is 8.89. The second-order valence-corrected chi connectivity index (χ2v) is 8.39. The Morgan fingerprint density at radius 3 is 2.77 bits per heavy atom. The summed E-state index contributed by atoms with van der Waals surface area (Å²) in [5.74, 6) is 1.39. The van der Waals surface area contributed by atoms with E-state index in [0.29, 0.717) is 12.5 Å². The van der Waals surface area contributed by atoms with E-state index in [2.05, 4.69) is 27.9 Å². The van der Waals surface area contributed by atoms with Crippen molar-refractivity contribution in [1.82, 2.24) is 19.8 Å². The third-order valence-electron chi connectivity index (χ3n) is 6.44. The zero-order chi connectivity index (χ0) is 18.3. The van der Waals surface area contributed by atoms with Crippen molar-refractivity contribution in [3.05, 3.63) is 17.2 Å². The highest BCUT2D eigenvalue weighted by Gasteiger charge is 2.43. The van der Waals surface area contributed by atoms with Gasteiger partial charge in [0, 0.05) is 12.7 Å². The number of carbonyl (C=O) groups is 1. The van der Waals surface area contributed by atoms with Crippen molar-refractivity contribution in [3.63, 3.8) is 0 Å². The van der Waals surface area contributed by atoms with Gasteiger partial charge in [0.15, 0.2) is 0 Å². The second-order valence-electron chi connectivity index (χ2n) is 8.39. The Bertz CT molecular complexity index is 744. The van der Waals surface area contributed by atoms with Gasteiger partial charge < -0.3 is 9.88 Å². The lowest BCUT2D eigenvalue weighted by molar-refractivity contribution is -0.123. The molecular weight excluding hydrogens is 326 g/mol. The number of imidazole rings is 1. The van der Waals surface area contributed by atoms with E-state index < -0.39 is 5.54 Å². The van der Waals surface area contributed by atoms with Gasteiger partial charge >= 0.3 is 0 Å². The minimum Gasteiger partial charge on any atom is -0.337 e. The molecule has 1 aromatic heterocycles. The molecule has 1 aromatic rings. The number of carbonyl (C=O) groups excluding carboxylic acids is 1. The quantitative estimate of drug-likeness (QED) is 0.879. The zero-order valence-electron chi connectivity index (χ0n) is 15.9. The molecule has 3 aliphatic rings. The van der Waals surface area contributed by atoms with E-state index in [9.17, 15) is 10.1 Å². The van der Waals surface area contributed by atoms with Gasteiger partial charge in [-0.25, -0.2) is 4.98 Å². The number of nitrogens with one attached hydrogen (secondary N) is 1. The first-order valence-corrected chi connectivity index (χ1v) is 10.0. The molecular formula is C20H29N5O. The van der Waals surface area contributed by atoms with Gasteiger partial charge in [0.25, 0.3) is 0 Å². The summed E-state index contributed by atoms with van der Waals surface area (Å²) >= 11 is 0. The number of hydrogen-bond donors (Lipinski definition) is 1. The third-order valence-corrected chi connectivity index (χ3v) is 6.44. The van der Waals surface area contributed by atoms with Crippen LogP contribution in [-0.4, -0.2) is 39.0 Å². The van der Waals surface area contributed by atoms with Crippen LogP contribution in [0.1, 0.15) is 68.7 Å². The molecule has 0 unspecified atom stereocenters. The van der Waals surface area contributed by atoms with E-state index in [0.717, 1.165) is 50.9 Å². The number of aromatic nitrogens is 2. The molecule has 0 aromatic carbocycles. The van der Waals surface area contributed by atoms with Gasteiger partial charge in [0.1, 0.15) is 11.4 Å². The lowest BCUT2D eigenvalue weighted by Gasteiger charge is -2.27. The monoisotopic (exact) mass is 355 g/mol. The van der Waals surface area contributed by atoms with Gasteiger partial charge in [0.05, 0.1) is 24.3 Å². The van der Waals surface area contributed by atoms with Crippen LogP contribution in [-0.2, 0) is 24.7 Å². The van der Waals surface area contributed by atoms with Crippen molar-refractivity contribution in [2.24, 2.45) is 13.0 Å². The van der Waals surface area contributed by atoms with Crippen molar-refractivity contribution >= 4 is 5.91 Å². The molecule has 26 heavy (non-hydrogen) atoms. The third kappa shape index (κ3) is 3.14. The Hall–Kier alpha value is -1.87. The number of rotatable bonds is 5. The van der Waals surface area contributed by atoms with Crippen LogP contribution in [0.5, 0.6) is 0 Å². The standard InChI is InChI=1S/C20H29N5O/c1-20(13-21,14-9-10-14)23-18(26)12-25-11-5-8-17(25)19-22-15-6-3-4-7-16(15)24(19)2/h14,17H,3-12H2,1-2H3,(H,23,26)/t17-,20+/m0/s1. The summed E-state index contributed by atoms with van der Waals surface area (Å²) in [6, 6.07) is 2.53. The highest BCUT2D eigenvalue weighted by molar-refractivity contribution is 5.79. The summed E-state index contributed by atoms with van der Waals surface area (Å²) in [4.78, 5) is 19.8. The Labute approximate surface area is 155 Å². The maximum atomic E-state index is 12.6. The molecule has 6 nitrogen and oxygen atoms in total. The molecule has 1 amide bonds. The summed E-state index contributed by atoms with van der Waals surface area (Å²) in [5.41, 5.74) is 1.93. The van der Waals surface area contributed by atoms with E-state index in [1.165, 1.54) is 24.2 Å². The SMILES string of the molecule is Cn1c([C@@H]2CCCN2CC(=O)N[C@](C)(C#N)C2CC2)nc2c1CCCC2. The summed E-state index contributed by atoms with van der Waals surface area (Å²) in [5, 5.41) is 12.5. The average Bonchev–Trinajstić information content (AvgIpc) is 3.33. The smallest absolute Gasteiger partial charge is 0.235 e. The molecule has 1 aliphatic heterocycles. The minimum absolute atomic E-state index is 0.0353. The maximum absolute atomic E-state index is 12.6. The number of nitriles is 1. The molecule has 2 heterocycles. The molecule has 1 saturated heterocycles. The van der Waals surface area contributed by atoms with E-state index >= 15 is 0 Å². The van der Waals surface area contributed by atoms with Crippen molar-refractivity contribution in [1.29, 1.82) is 5.26 Å². The molecule has 2 atom stereocenters. The van der Waals surface area contributed by atoms with E-state index in [-0.39, 0.29) is 11.9 Å². The number of aryl methyl sites for hydroxylation is 1. The van der Waals surface area contributed by atoms with Crippen molar-refractivity contribution < 1.29 is 4.79 Å². The maximum Gasteiger partial charge on any atom is 0.235 e. The molecule has 0 bridgehead atoms. The van der Waals surface area contributed by atoms with Crippen molar-refractivity contribution in [2.45, 2.75) is 69.9 Å². The average molecular weight is 355 g/mol. The predicted octanol–water partition coefficient (Wildman–Crippen LogP) is 2.24. The highest BCUT2D eigenvalue weighted by atomic mass is 16.2. The first kappa shape index (κ1) is 17.5. The predicted molar refractivity (Wildman–Crippen MR) is 98.3 cm³/mol. The van der Waals surface area contributed by atoms with Gasteiger partial charge in [-0.3, -0.25) is 9.69 Å². The van der Waals surface area contributed by atoms with Crippen LogP contribution >= 0.6 is 0 Å². The molecule has 2 fully saturated rings. The summed E-state index contributed by atoms with van der Waals surface area (Å²) in [6.45, 7) is 3.13. The van der Waals surface area contributed by atoms with Crippen LogP contribution in [0, 0.1) is 17.2 Å². The second kappa shape index (κ2) is 6.70. The van der Waals surface area contributed by atoms with Gasteiger partial charge in [-0.2, -0.15) is 5.26 Å². The summed E-state index contributed by atoms with van der Waals surface area (Å²) in [7, 11) is 2.13. The first-order valence-electron chi connectivity index (χ1n) is 10.0. The molecule has 6 heteroatoms. The van der Waals surface area contributed by atoms with Gasteiger partial charge in [-0.15, -0.1) is 0 Å². The number of fused-ring (bicyclic) bond motifs is 1. The largest absolute Gasteiger partial charge is 0.337 e. The number of likely N-dealkylation sites (tertiary alicyclic amines) is 1. The zero-order valence-corrected chi connectivity index (χ0v) is 15.9. The highest BCUT2D eigenvalue weighted by Crippen LogP contribution is 2.39. The number of nitrogens with zero attached hydrogens (tertiary/aromatic N) is 4. The van der Waals surface area contributed by atoms with Gasteiger partial charge in [0.2, 0.25) is 5.91 Å². The number of amides is 1. The van der Waals surface area contributed by atoms with Crippen molar-refractivity contribution in [2.75, 3.05) is 13.1 Å². The van der Waals surface area contributed by atoms with E-state index in [4.69, 9.17) is 4.98 Å². The molecule has 0 spiro atoms. The fourth-order valence-corrected chi connectivity index (χ4v) is 4.71. The normalized spacial score (nSPS) is 25.3. The first-order chi connectivity index (χ1) is 12.5. The minimum atomic E-state index is -0.714. The molecule has 1 N–H and O–H groups in total. The Morgan fingerprint density at radius 2 is 2.08 bits per heavy atom. The molecule has 1 saturated carbocycles. The van der Waals surface area contributed by atoms with E-state index in [1.807, 2.05) is 6.92 Å². The molecule has 4 rings (SSSR count). The van der Waals surface area contributed by atoms with Crippen LogP contribution in [0.25, 0.3) is 0 Å². The van der Waals surface area contributed by atoms with Gasteiger partial charge in [-0.05, 0) is 70.8 Å². The Morgan fingerprint density at radius 1 is 1.31 bits per heavy atom. The van der Waals surface area contributed by atoms with Crippen LogP contribution < -0.4 is 5.32 Å². The van der Waals surface area contributed by atoms with Gasteiger partial charge in [-0.1, -0.05) is 0 Å². The Balaban J connectivity index is 1.46. The van der Waals surface area contributed by atoms with Crippen LogP contribution in [0.2, 0.25) is 0 Å². The van der Waals surface area contributed by atoms with Crippen LogP contribution in [0.4, 0.5) is 0 Å². The molecule has 140 valence electrons. The van der Waals surface area contributed by atoms with Crippen molar-refractivity contribution in [3.8, 4) is 6.07 Å².